The lowest BCUT2D eigenvalue weighted by molar-refractivity contribution is -0.125. The summed E-state index contributed by atoms with van der Waals surface area (Å²) in [4.78, 5) is 11.7. The van der Waals surface area contributed by atoms with Crippen LogP contribution in [-0.2, 0) is 9.53 Å². The van der Waals surface area contributed by atoms with E-state index in [9.17, 15) is 9.90 Å². The number of halogens is 1. The van der Waals surface area contributed by atoms with Gasteiger partial charge < -0.3 is 19.9 Å². The average Bonchev–Trinajstić information content (AvgIpc) is 2.47. The number of hydrogen-bond acceptors (Lipinski definition) is 4. The van der Waals surface area contributed by atoms with E-state index in [1.807, 2.05) is 6.92 Å². The first-order chi connectivity index (χ1) is 9.98. The largest absolute Gasteiger partial charge is 0.484 e. The maximum absolute atomic E-state index is 11.7. The molecular weight excluding hydrogens is 294 g/mol. The average molecular weight is 314 g/mol. The minimum absolute atomic E-state index is 0.0896. The van der Waals surface area contributed by atoms with Crippen LogP contribution < -0.4 is 10.1 Å². The van der Waals surface area contributed by atoms with Gasteiger partial charge in [0, 0.05) is 37.6 Å². The maximum atomic E-state index is 11.7. The number of carbonyl (C=O) groups excluding carboxylic acids is 1. The van der Waals surface area contributed by atoms with Gasteiger partial charge in [0.05, 0.1) is 5.60 Å². The molecule has 5 nitrogen and oxygen atoms in total. The van der Waals surface area contributed by atoms with Crippen LogP contribution in [0, 0.1) is 6.92 Å². The molecule has 1 aliphatic rings. The van der Waals surface area contributed by atoms with E-state index in [0.717, 1.165) is 5.56 Å². The van der Waals surface area contributed by atoms with E-state index in [2.05, 4.69) is 5.32 Å². The van der Waals surface area contributed by atoms with Crippen molar-refractivity contribution in [3.63, 3.8) is 0 Å². The molecule has 2 N–H and O–H groups in total. The van der Waals surface area contributed by atoms with Crippen LogP contribution in [0.25, 0.3) is 0 Å². The van der Waals surface area contributed by atoms with Gasteiger partial charge in [0.15, 0.2) is 6.61 Å². The van der Waals surface area contributed by atoms with Crippen molar-refractivity contribution in [1.82, 2.24) is 5.32 Å². The van der Waals surface area contributed by atoms with Gasteiger partial charge in [-0.2, -0.15) is 0 Å². The van der Waals surface area contributed by atoms with Gasteiger partial charge >= 0.3 is 0 Å². The molecule has 1 fully saturated rings. The molecule has 1 aliphatic heterocycles. The summed E-state index contributed by atoms with van der Waals surface area (Å²) in [5, 5.41) is 13.6. The number of hydrogen-bond donors (Lipinski definition) is 2. The van der Waals surface area contributed by atoms with Gasteiger partial charge in [-0.25, -0.2) is 0 Å². The summed E-state index contributed by atoms with van der Waals surface area (Å²) in [6, 6.07) is 5.23. The molecule has 6 heteroatoms. The van der Waals surface area contributed by atoms with E-state index in [1.165, 1.54) is 0 Å². The molecule has 2 rings (SSSR count). The lowest BCUT2D eigenvalue weighted by Gasteiger charge is -2.32. The van der Waals surface area contributed by atoms with Crippen LogP contribution in [0.1, 0.15) is 18.4 Å². The molecule has 1 saturated heterocycles. The van der Waals surface area contributed by atoms with Crippen LogP contribution in [0.4, 0.5) is 0 Å². The monoisotopic (exact) mass is 313 g/mol. The van der Waals surface area contributed by atoms with E-state index in [0.29, 0.717) is 36.8 Å². The summed E-state index contributed by atoms with van der Waals surface area (Å²) < 4.78 is 10.6. The zero-order valence-electron chi connectivity index (χ0n) is 12.0. The van der Waals surface area contributed by atoms with Gasteiger partial charge in [-0.05, 0) is 30.7 Å². The Morgan fingerprint density at radius 2 is 2.19 bits per heavy atom. The van der Waals surface area contributed by atoms with Crippen LogP contribution in [0.3, 0.4) is 0 Å². The van der Waals surface area contributed by atoms with Crippen molar-refractivity contribution in [3.8, 4) is 5.75 Å². The Hall–Kier alpha value is -1.30. The number of aryl methyl sites for hydroxylation is 1. The normalized spacial score (nSPS) is 17.3. The summed E-state index contributed by atoms with van der Waals surface area (Å²) >= 11 is 5.92. The van der Waals surface area contributed by atoms with Gasteiger partial charge in [0.1, 0.15) is 5.75 Å². The number of rotatable bonds is 5. The van der Waals surface area contributed by atoms with E-state index >= 15 is 0 Å². The van der Waals surface area contributed by atoms with Gasteiger partial charge in [-0.15, -0.1) is 0 Å². The Balaban J connectivity index is 1.75. The second kappa shape index (κ2) is 7.11. The molecule has 21 heavy (non-hydrogen) atoms. The number of carbonyl (C=O) groups is 1. The lowest BCUT2D eigenvalue weighted by Crippen LogP contribution is -2.47. The molecule has 1 aromatic carbocycles. The summed E-state index contributed by atoms with van der Waals surface area (Å²) in [5.74, 6) is 0.333. The SMILES string of the molecule is Cc1cc(OCC(=O)NCC2(O)CCOCC2)ccc1Cl. The van der Waals surface area contributed by atoms with Crippen LogP contribution in [0.2, 0.25) is 5.02 Å². The molecule has 0 spiro atoms. The van der Waals surface area contributed by atoms with Gasteiger partial charge in [0.25, 0.3) is 5.91 Å². The molecule has 0 unspecified atom stereocenters. The number of aliphatic hydroxyl groups is 1. The summed E-state index contributed by atoms with van der Waals surface area (Å²) in [7, 11) is 0. The Bertz CT molecular complexity index is 500. The number of nitrogens with one attached hydrogen (secondary N) is 1. The molecular formula is C15H20ClNO4. The first-order valence-electron chi connectivity index (χ1n) is 6.94. The Kier molecular flexibility index (Phi) is 5.45. The van der Waals surface area contributed by atoms with Crippen LogP contribution in [0.5, 0.6) is 5.75 Å². The highest BCUT2D eigenvalue weighted by atomic mass is 35.5. The third-order valence-electron chi connectivity index (χ3n) is 3.54. The van der Waals surface area contributed by atoms with Gasteiger partial charge in [-0.1, -0.05) is 11.6 Å². The van der Waals surface area contributed by atoms with Crippen LogP contribution in [0.15, 0.2) is 18.2 Å². The predicted octanol–water partition coefficient (Wildman–Crippen LogP) is 1.68. The minimum Gasteiger partial charge on any atom is -0.484 e. The number of amides is 1. The van der Waals surface area contributed by atoms with Crippen molar-refractivity contribution in [1.29, 1.82) is 0 Å². The van der Waals surface area contributed by atoms with E-state index in [4.69, 9.17) is 21.1 Å². The molecule has 1 aromatic rings. The Labute approximate surface area is 129 Å². The van der Waals surface area contributed by atoms with Crippen molar-refractivity contribution in [2.75, 3.05) is 26.4 Å². The van der Waals surface area contributed by atoms with Crippen LogP contribution >= 0.6 is 11.6 Å². The standard InChI is InChI=1S/C15H20ClNO4/c1-11-8-12(2-3-13(11)16)21-9-14(18)17-10-15(19)4-6-20-7-5-15/h2-3,8,19H,4-7,9-10H2,1H3,(H,17,18). The minimum atomic E-state index is -0.870. The Morgan fingerprint density at radius 1 is 1.48 bits per heavy atom. The molecule has 0 bridgehead atoms. The second-order valence-electron chi connectivity index (χ2n) is 5.31. The molecule has 1 heterocycles. The third kappa shape index (κ3) is 4.88. The van der Waals surface area contributed by atoms with Crippen molar-refractivity contribution in [2.45, 2.75) is 25.4 Å². The predicted molar refractivity (Wildman–Crippen MR) is 79.7 cm³/mol. The molecule has 0 aromatic heterocycles. The Morgan fingerprint density at radius 3 is 2.86 bits per heavy atom. The molecule has 0 radical (unpaired) electrons. The molecule has 0 saturated carbocycles. The number of ether oxygens (including phenoxy) is 2. The fraction of sp³-hybridized carbons (Fsp3) is 0.533. The van der Waals surface area contributed by atoms with Crippen LogP contribution in [-0.4, -0.2) is 43.0 Å². The third-order valence-corrected chi connectivity index (χ3v) is 3.96. The quantitative estimate of drug-likeness (QED) is 0.868. The smallest absolute Gasteiger partial charge is 0.258 e. The number of benzene rings is 1. The van der Waals surface area contributed by atoms with Gasteiger partial charge in [-0.3, -0.25) is 4.79 Å². The topological polar surface area (TPSA) is 67.8 Å². The first kappa shape index (κ1) is 16.1. The molecule has 1 amide bonds. The van der Waals surface area contributed by atoms with E-state index in [-0.39, 0.29) is 19.1 Å². The van der Waals surface area contributed by atoms with E-state index < -0.39 is 5.60 Å². The zero-order chi connectivity index (χ0) is 15.3. The molecule has 0 aliphatic carbocycles. The van der Waals surface area contributed by atoms with Crippen molar-refractivity contribution in [2.24, 2.45) is 0 Å². The highest BCUT2D eigenvalue weighted by Crippen LogP contribution is 2.21. The van der Waals surface area contributed by atoms with Gasteiger partial charge in [0.2, 0.25) is 0 Å². The lowest BCUT2D eigenvalue weighted by atomic mass is 9.94. The highest BCUT2D eigenvalue weighted by Gasteiger charge is 2.30. The summed E-state index contributed by atoms with van der Waals surface area (Å²) in [6.45, 7) is 3.04. The summed E-state index contributed by atoms with van der Waals surface area (Å²) in [5.41, 5.74) is 0.0243. The zero-order valence-corrected chi connectivity index (χ0v) is 12.8. The fourth-order valence-electron chi connectivity index (χ4n) is 2.10. The van der Waals surface area contributed by atoms with Crippen molar-refractivity contribution >= 4 is 17.5 Å². The van der Waals surface area contributed by atoms with Crippen molar-refractivity contribution < 1.29 is 19.4 Å². The van der Waals surface area contributed by atoms with E-state index in [1.54, 1.807) is 18.2 Å². The first-order valence-corrected chi connectivity index (χ1v) is 7.32. The maximum Gasteiger partial charge on any atom is 0.258 e. The highest BCUT2D eigenvalue weighted by molar-refractivity contribution is 6.31. The fourth-order valence-corrected chi connectivity index (χ4v) is 2.22. The van der Waals surface area contributed by atoms with Crippen molar-refractivity contribution in [3.05, 3.63) is 28.8 Å². The summed E-state index contributed by atoms with van der Waals surface area (Å²) in [6.07, 6.45) is 1.06. The molecule has 116 valence electrons. The molecule has 0 atom stereocenters. The second-order valence-corrected chi connectivity index (χ2v) is 5.72.